The van der Waals surface area contributed by atoms with Crippen LogP contribution in [-0.2, 0) is 10.0 Å². The zero-order valence-electron chi connectivity index (χ0n) is 16.1. The summed E-state index contributed by atoms with van der Waals surface area (Å²) in [6.07, 6.45) is 1.63. The van der Waals surface area contributed by atoms with Gasteiger partial charge in [-0.1, -0.05) is 11.6 Å². The Kier molecular flexibility index (Phi) is 5.51. The van der Waals surface area contributed by atoms with E-state index < -0.39 is 20.9 Å². The molecule has 0 spiro atoms. The lowest BCUT2D eigenvalue weighted by molar-refractivity contribution is -0.384. The molecule has 0 aliphatic heterocycles. The number of non-ortho nitro benzene ring substituents is 1. The molecule has 10 nitrogen and oxygen atoms in total. The maximum atomic E-state index is 12.7. The number of H-pyrrole nitrogens is 1. The van der Waals surface area contributed by atoms with Gasteiger partial charge in [0, 0.05) is 23.2 Å². The number of aromatic amines is 1. The molecule has 1 amide bonds. The van der Waals surface area contributed by atoms with Crippen molar-refractivity contribution in [2.75, 3.05) is 10.0 Å². The van der Waals surface area contributed by atoms with Gasteiger partial charge in [-0.3, -0.25) is 24.7 Å². The third-order valence-electron chi connectivity index (χ3n) is 4.52. The minimum atomic E-state index is -3.88. The first-order valence-corrected chi connectivity index (χ1v) is 10.9. The molecule has 1 heterocycles. The number of rotatable bonds is 6. The summed E-state index contributed by atoms with van der Waals surface area (Å²) in [6, 6.07) is 13.9. The summed E-state index contributed by atoms with van der Waals surface area (Å²) in [5.74, 6) is -0.666. The normalized spacial score (nSPS) is 11.3. The number of nitro groups is 1. The van der Waals surface area contributed by atoms with Crippen LogP contribution in [0.2, 0.25) is 5.02 Å². The first-order valence-electron chi connectivity index (χ1n) is 9.04. The van der Waals surface area contributed by atoms with Crippen LogP contribution in [0.4, 0.5) is 17.1 Å². The lowest BCUT2D eigenvalue weighted by atomic mass is 10.2. The zero-order valence-corrected chi connectivity index (χ0v) is 17.6. The Balaban J connectivity index is 1.50. The third-order valence-corrected chi connectivity index (χ3v) is 6.25. The zero-order chi connectivity index (χ0) is 22.9. The molecule has 4 aromatic rings. The molecular weight excluding hydrogens is 458 g/mol. The highest BCUT2D eigenvalue weighted by atomic mass is 35.5. The molecule has 0 radical (unpaired) electrons. The number of anilines is 2. The van der Waals surface area contributed by atoms with Crippen molar-refractivity contribution in [2.24, 2.45) is 0 Å². The average Bonchev–Trinajstić information content (AvgIpc) is 3.22. The molecule has 1 aromatic heterocycles. The molecule has 0 aliphatic carbocycles. The summed E-state index contributed by atoms with van der Waals surface area (Å²) in [4.78, 5) is 22.7. The van der Waals surface area contributed by atoms with Gasteiger partial charge in [-0.05, 0) is 48.5 Å². The highest BCUT2D eigenvalue weighted by molar-refractivity contribution is 7.92. The maximum absolute atomic E-state index is 12.7. The number of aromatic nitrogens is 2. The van der Waals surface area contributed by atoms with Gasteiger partial charge in [0.2, 0.25) is 0 Å². The summed E-state index contributed by atoms with van der Waals surface area (Å²) in [5, 5.41) is 21.0. The van der Waals surface area contributed by atoms with E-state index in [1.165, 1.54) is 36.4 Å². The van der Waals surface area contributed by atoms with Crippen LogP contribution in [-0.4, -0.2) is 29.4 Å². The number of nitrogens with zero attached hydrogens (tertiary/aromatic N) is 2. The number of hydrogen-bond acceptors (Lipinski definition) is 6. The summed E-state index contributed by atoms with van der Waals surface area (Å²) in [7, 11) is -3.88. The lowest BCUT2D eigenvalue weighted by Crippen LogP contribution is -2.14. The summed E-state index contributed by atoms with van der Waals surface area (Å²) in [6.45, 7) is 0. The van der Waals surface area contributed by atoms with Gasteiger partial charge in [-0.2, -0.15) is 5.10 Å². The Morgan fingerprint density at radius 3 is 2.47 bits per heavy atom. The van der Waals surface area contributed by atoms with E-state index >= 15 is 0 Å². The highest BCUT2D eigenvalue weighted by Crippen LogP contribution is 2.24. The molecule has 0 bridgehead atoms. The molecule has 0 aliphatic rings. The topological polar surface area (TPSA) is 147 Å². The van der Waals surface area contributed by atoms with Gasteiger partial charge >= 0.3 is 0 Å². The Morgan fingerprint density at radius 2 is 1.75 bits per heavy atom. The van der Waals surface area contributed by atoms with Crippen LogP contribution in [0.5, 0.6) is 0 Å². The number of carbonyl (C=O) groups is 1. The van der Waals surface area contributed by atoms with Crippen molar-refractivity contribution >= 4 is 55.5 Å². The molecule has 162 valence electrons. The van der Waals surface area contributed by atoms with Gasteiger partial charge in [0.25, 0.3) is 21.6 Å². The van der Waals surface area contributed by atoms with Crippen molar-refractivity contribution in [3.63, 3.8) is 0 Å². The SMILES string of the molecule is O=C(Nc1ccc(S(=O)(=O)Nc2ccc3cn[nH]c3c2)cc1)c1cc([N+](=O)[O-])ccc1Cl. The fraction of sp³-hybridized carbons (Fsp3) is 0. The smallest absolute Gasteiger partial charge is 0.270 e. The Hall–Kier alpha value is -3.96. The van der Waals surface area contributed by atoms with Crippen LogP contribution in [0.25, 0.3) is 10.9 Å². The number of sulfonamides is 1. The van der Waals surface area contributed by atoms with E-state index in [9.17, 15) is 23.3 Å². The molecule has 12 heteroatoms. The standard InChI is InChI=1S/C20H14ClN5O5S/c21-18-8-5-15(26(28)29)10-17(18)20(27)23-13-3-6-16(7-4-13)32(30,31)25-14-2-1-12-11-22-24-19(12)9-14/h1-11,25H,(H,22,24)(H,23,27). The van der Waals surface area contributed by atoms with Crippen LogP contribution in [0.1, 0.15) is 10.4 Å². The minimum Gasteiger partial charge on any atom is -0.322 e. The molecule has 4 rings (SSSR count). The molecule has 0 saturated carbocycles. The van der Waals surface area contributed by atoms with Crippen molar-refractivity contribution in [1.29, 1.82) is 0 Å². The lowest BCUT2D eigenvalue weighted by Gasteiger charge is -2.10. The number of carbonyl (C=O) groups excluding carboxylic acids is 1. The molecule has 32 heavy (non-hydrogen) atoms. The van der Waals surface area contributed by atoms with Crippen molar-refractivity contribution in [3.8, 4) is 0 Å². The molecular formula is C20H14ClN5O5S. The van der Waals surface area contributed by atoms with E-state index in [-0.39, 0.29) is 26.9 Å². The fourth-order valence-corrected chi connectivity index (χ4v) is 4.18. The van der Waals surface area contributed by atoms with Crippen molar-refractivity contribution < 1.29 is 18.1 Å². The Bertz CT molecular complexity index is 1450. The summed E-state index contributed by atoms with van der Waals surface area (Å²) in [5.41, 5.74) is 0.978. The quantitative estimate of drug-likeness (QED) is 0.284. The van der Waals surface area contributed by atoms with Crippen LogP contribution in [0, 0.1) is 10.1 Å². The van der Waals surface area contributed by atoms with Crippen LogP contribution < -0.4 is 10.0 Å². The molecule has 0 atom stereocenters. The van der Waals surface area contributed by atoms with Crippen molar-refractivity contribution in [2.45, 2.75) is 4.90 Å². The van der Waals surface area contributed by atoms with E-state index in [2.05, 4.69) is 20.2 Å². The average molecular weight is 472 g/mol. The number of fused-ring (bicyclic) bond motifs is 1. The first-order chi connectivity index (χ1) is 15.2. The molecule has 0 saturated heterocycles. The van der Waals surface area contributed by atoms with Crippen molar-refractivity contribution in [1.82, 2.24) is 10.2 Å². The molecule has 3 N–H and O–H groups in total. The minimum absolute atomic E-state index is 0.0198. The van der Waals surface area contributed by atoms with Gasteiger partial charge in [-0.25, -0.2) is 8.42 Å². The van der Waals surface area contributed by atoms with E-state index in [0.717, 1.165) is 11.5 Å². The largest absolute Gasteiger partial charge is 0.322 e. The summed E-state index contributed by atoms with van der Waals surface area (Å²) >= 11 is 5.98. The highest BCUT2D eigenvalue weighted by Gasteiger charge is 2.18. The number of hydrogen-bond donors (Lipinski definition) is 3. The molecule has 3 aromatic carbocycles. The predicted octanol–water partition coefficient (Wildman–Crippen LogP) is 4.18. The Morgan fingerprint density at radius 1 is 1.03 bits per heavy atom. The van der Waals surface area contributed by atoms with Crippen LogP contribution >= 0.6 is 11.6 Å². The van der Waals surface area contributed by atoms with Gasteiger partial charge in [-0.15, -0.1) is 0 Å². The third kappa shape index (κ3) is 4.38. The number of benzene rings is 3. The fourth-order valence-electron chi connectivity index (χ4n) is 2.93. The van der Waals surface area contributed by atoms with E-state index in [4.69, 9.17) is 11.6 Å². The van der Waals surface area contributed by atoms with Crippen molar-refractivity contribution in [3.05, 3.63) is 87.6 Å². The second-order valence-corrected chi connectivity index (χ2v) is 8.77. The number of halogens is 1. The first kappa shape index (κ1) is 21.3. The summed E-state index contributed by atoms with van der Waals surface area (Å²) < 4.78 is 27.8. The van der Waals surface area contributed by atoms with Gasteiger partial charge in [0.15, 0.2) is 0 Å². The second kappa shape index (κ2) is 8.29. The second-order valence-electron chi connectivity index (χ2n) is 6.68. The number of nitrogens with one attached hydrogen (secondary N) is 3. The monoisotopic (exact) mass is 471 g/mol. The number of nitro benzene ring substituents is 1. The molecule has 0 fully saturated rings. The Labute approximate surface area is 186 Å². The van der Waals surface area contributed by atoms with Gasteiger partial charge in [0.1, 0.15) is 0 Å². The van der Waals surface area contributed by atoms with Crippen LogP contribution in [0.15, 0.2) is 71.8 Å². The van der Waals surface area contributed by atoms with Gasteiger partial charge in [0.05, 0.1) is 37.8 Å². The maximum Gasteiger partial charge on any atom is 0.270 e. The molecule has 0 unspecified atom stereocenters. The van der Waals surface area contributed by atoms with E-state index in [0.29, 0.717) is 11.2 Å². The van der Waals surface area contributed by atoms with Crippen LogP contribution in [0.3, 0.4) is 0 Å². The predicted molar refractivity (Wildman–Crippen MR) is 119 cm³/mol. The van der Waals surface area contributed by atoms with E-state index in [1.807, 2.05) is 0 Å². The van der Waals surface area contributed by atoms with Gasteiger partial charge < -0.3 is 5.32 Å². The van der Waals surface area contributed by atoms with E-state index in [1.54, 1.807) is 24.4 Å². The number of amides is 1.